The second-order valence-corrected chi connectivity index (χ2v) is 5.71. The first-order chi connectivity index (χ1) is 11.2. The second kappa shape index (κ2) is 7.13. The number of rotatable bonds is 3. The normalized spacial score (nSPS) is 14.7. The quantitative estimate of drug-likeness (QED) is 0.874. The van der Waals surface area contributed by atoms with Crippen LogP contribution in [0.2, 0.25) is 0 Å². The Labute approximate surface area is 136 Å². The van der Waals surface area contributed by atoms with Crippen molar-refractivity contribution in [3.63, 3.8) is 0 Å². The topological polar surface area (TPSA) is 45.7 Å². The maximum absolute atomic E-state index is 12.1. The molecule has 1 aliphatic rings. The average Bonchev–Trinajstić information content (AvgIpc) is 2.61. The van der Waals surface area contributed by atoms with Crippen molar-refractivity contribution in [2.24, 2.45) is 0 Å². The fourth-order valence-electron chi connectivity index (χ4n) is 2.62. The van der Waals surface area contributed by atoms with E-state index in [1.807, 2.05) is 42.6 Å². The number of hydrogen-bond acceptors (Lipinski definition) is 4. The third-order valence-corrected chi connectivity index (χ3v) is 3.97. The summed E-state index contributed by atoms with van der Waals surface area (Å²) < 4.78 is 5.38. The van der Waals surface area contributed by atoms with Gasteiger partial charge in [-0.2, -0.15) is 0 Å². The minimum absolute atomic E-state index is 0.245. The van der Waals surface area contributed by atoms with Crippen LogP contribution in [0.3, 0.4) is 0 Å². The lowest BCUT2D eigenvalue weighted by molar-refractivity contribution is 0.0941. The molecular formula is C18H21N3O2. The number of carbonyl (C=O) groups is 1. The van der Waals surface area contributed by atoms with Crippen molar-refractivity contribution in [3.05, 3.63) is 59.8 Å². The number of carbonyl (C=O) groups excluding carboxylic acids is 1. The molecule has 2 heterocycles. The molecule has 2 aromatic rings. The highest BCUT2D eigenvalue weighted by Gasteiger charge is 2.22. The molecule has 0 aliphatic carbocycles. The number of piperazine rings is 1. The van der Waals surface area contributed by atoms with Crippen molar-refractivity contribution >= 4 is 11.9 Å². The van der Waals surface area contributed by atoms with E-state index >= 15 is 0 Å². The molecule has 1 aromatic carbocycles. The second-order valence-electron chi connectivity index (χ2n) is 5.71. The number of nitrogens with zero attached hydrogens (tertiary/aromatic N) is 3. The molecule has 120 valence electrons. The Kier molecular flexibility index (Phi) is 4.76. The predicted molar refractivity (Wildman–Crippen MR) is 89.4 cm³/mol. The van der Waals surface area contributed by atoms with E-state index < -0.39 is 0 Å². The molecule has 3 rings (SSSR count). The fourth-order valence-corrected chi connectivity index (χ4v) is 2.62. The lowest BCUT2D eigenvalue weighted by atomic mass is 10.2. The molecule has 23 heavy (non-hydrogen) atoms. The zero-order valence-electron chi connectivity index (χ0n) is 13.3. The fraction of sp³-hybridized carbons (Fsp3) is 0.333. The Bertz CT molecular complexity index is 652. The Morgan fingerprint density at radius 2 is 1.87 bits per heavy atom. The monoisotopic (exact) mass is 311 g/mol. The highest BCUT2D eigenvalue weighted by atomic mass is 16.6. The van der Waals surface area contributed by atoms with Crippen LogP contribution in [0.5, 0.6) is 0 Å². The van der Waals surface area contributed by atoms with Crippen LogP contribution in [0.15, 0.2) is 48.7 Å². The van der Waals surface area contributed by atoms with E-state index in [9.17, 15) is 4.79 Å². The number of aromatic nitrogens is 1. The van der Waals surface area contributed by atoms with Gasteiger partial charge in [0.05, 0.1) is 0 Å². The van der Waals surface area contributed by atoms with Gasteiger partial charge < -0.3 is 14.5 Å². The lowest BCUT2D eigenvalue weighted by Crippen LogP contribution is -2.49. The van der Waals surface area contributed by atoms with Gasteiger partial charge in [0, 0.05) is 32.4 Å². The van der Waals surface area contributed by atoms with Gasteiger partial charge in [-0.3, -0.25) is 0 Å². The average molecular weight is 311 g/mol. The van der Waals surface area contributed by atoms with Gasteiger partial charge >= 0.3 is 6.09 Å². The van der Waals surface area contributed by atoms with Crippen molar-refractivity contribution in [1.82, 2.24) is 9.88 Å². The summed E-state index contributed by atoms with van der Waals surface area (Å²) in [5.74, 6) is 0.974. The van der Waals surface area contributed by atoms with Crippen molar-refractivity contribution in [2.45, 2.75) is 13.5 Å². The van der Waals surface area contributed by atoms with E-state index in [0.717, 1.165) is 24.5 Å². The summed E-state index contributed by atoms with van der Waals surface area (Å²) in [6.07, 6.45) is 1.58. The minimum Gasteiger partial charge on any atom is -0.445 e. The van der Waals surface area contributed by atoms with Gasteiger partial charge in [-0.15, -0.1) is 0 Å². The van der Waals surface area contributed by atoms with Gasteiger partial charge in [0.25, 0.3) is 0 Å². The highest BCUT2D eigenvalue weighted by Crippen LogP contribution is 2.15. The van der Waals surface area contributed by atoms with Crippen LogP contribution in [-0.4, -0.2) is 42.2 Å². The van der Waals surface area contributed by atoms with Crippen LogP contribution in [0, 0.1) is 6.92 Å². The van der Waals surface area contributed by atoms with E-state index in [1.165, 1.54) is 5.56 Å². The molecule has 1 amide bonds. The number of hydrogen-bond donors (Lipinski definition) is 0. The zero-order chi connectivity index (χ0) is 16.1. The summed E-state index contributed by atoms with van der Waals surface area (Å²) in [5.41, 5.74) is 2.20. The Balaban J connectivity index is 1.49. The largest absolute Gasteiger partial charge is 0.445 e. The van der Waals surface area contributed by atoms with Gasteiger partial charge in [-0.1, -0.05) is 30.3 Å². The van der Waals surface area contributed by atoms with E-state index in [-0.39, 0.29) is 6.09 Å². The third-order valence-electron chi connectivity index (χ3n) is 3.97. The molecule has 0 saturated carbocycles. The van der Waals surface area contributed by atoms with E-state index in [2.05, 4.69) is 22.9 Å². The van der Waals surface area contributed by atoms with Crippen molar-refractivity contribution in [2.75, 3.05) is 31.1 Å². The zero-order valence-corrected chi connectivity index (χ0v) is 13.3. The Hall–Kier alpha value is -2.56. The maximum atomic E-state index is 12.1. The first kappa shape index (κ1) is 15.3. The van der Waals surface area contributed by atoms with Crippen LogP contribution in [0.25, 0.3) is 0 Å². The molecule has 1 aromatic heterocycles. The molecule has 0 radical (unpaired) electrons. The lowest BCUT2D eigenvalue weighted by Gasteiger charge is -2.34. The SMILES string of the molecule is Cc1ccnc(N2CCN(C(=O)OCc3ccccc3)CC2)c1. The van der Waals surface area contributed by atoms with Crippen molar-refractivity contribution in [3.8, 4) is 0 Å². The van der Waals surface area contributed by atoms with Crippen LogP contribution in [0.1, 0.15) is 11.1 Å². The molecule has 5 heteroatoms. The molecule has 1 aliphatic heterocycles. The Morgan fingerprint density at radius 3 is 2.57 bits per heavy atom. The summed E-state index contributed by atoms with van der Waals surface area (Å²) in [5, 5.41) is 0. The summed E-state index contributed by atoms with van der Waals surface area (Å²) in [7, 11) is 0. The summed E-state index contributed by atoms with van der Waals surface area (Å²) in [6, 6.07) is 13.8. The molecule has 0 unspecified atom stereocenters. The van der Waals surface area contributed by atoms with Crippen LogP contribution >= 0.6 is 0 Å². The molecular weight excluding hydrogens is 290 g/mol. The van der Waals surface area contributed by atoms with Crippen molar-refractivity contribution < 1.29 is 9.53 Å². The van der Waals surface area contributed by atoms with E-state index in [4.69, 9.17) is 4.74 Å². The maximum Gasteiger partial charge on any atom is 0.410 e. The number of pyridine rings is 1. The number of amides is 1. The molecule has 1 fully saturated rings. The number of ether oxygens (including phenoxy) is 1. The summed E-state index contributed by atoms with van der Waals surface area (Å²) in [4.78, 5) is 20.5. The van der Waals surface area contributed by atoms with Crippen molar-refractivity contribution in [1.29, 1.82) is 0 Å². The number of anilines is 1. The molecule has 0 spiro atoms. The molecule has 1 saturated heterocycles. The molecule has 5 nitrogen and oxygen atoms in total. The van der Waals surface area contributed by atoms with E-state index in [1.54, 1.807) is 4.90 Å². The minimum atomic E-state index is -0.245. The predicted octanol–water partition coefficient (Wildman–Crippen LogP) is 2.85. The molecule has 0 bridgehead atoms. The van der Waals surface area contributed by atoms with Gasteiger partial charge in [-0.25, -0.2) is 9.78 Å². The number of aryl methyl sites for hydroxylation is 1. The first-order valence-corrected chi connectivity index (χ1v) is 7.85. The molecule has 0 atom stereocenters. The summed E-state index contributed by atoms with van der Waals surface area (Å²) in [6.45, 7) is 5.24. The highest BCUT2D eigenvalue weighted by molar-refractivity contribution is 5.68. The Morgan fingerprint density at radius 1 is 1.13 bits per heavy atom. The number of benzene rings is 1. The van der Waals surface area contributed by atoms with Crippen LogP contribution in [0.4, 0.5) is 10.6 Å². The standard InChI is InChI=1S/C18H21N3O2/c1-15-7-8-19-17(13-15)20-9-11-21(12-10-20)18(22)23-14-16-5-3-2-4-6-16/h2-8,13H,9-12,14H2,1H3. The first-order valence-electron chi connectivity index (χ1n) is 7.85. The molecule has 0 N–H and O–H groups in total. The van der Waals surface area contributed by atoms with Crippen LogP contribution in [-0.2, 0) is 11.3 Å². The smallest absolute Gasteiger partial charge is 0.410 e. The van der Waals surface area contributed by atoms with Gasteiger partial charge in [0.1, 0.15) is 12.4 Å². The van der Waals surface area contributed by atoms with Gasteiger partial charge in [0.2, 0.25) is 0 Å². The van der Waals surface area contributed by atoms with Crippen LogP contribution < -0.4 is 4.90 Å². The third kappa shape index (κ3) is 4.00. The van der Waals surface area contributed by atoms with Gasteiger partial charge in [-0.05, 0) is 30.2 Å². The van der Waals surface area contributed by atoms with Gasteiger partial charge in [0.15, 0.2) is 0 Å². The van der Waals surface area contributed by atoms with E-state index in [0.29, 0.717) is 19.7 Å². The summed E-state index contributed by atoms with van der Waals surface area (Å²) >= 11 is 0.